The molecule has 0 bridgehead atoms. The summed E-state index contributed by atoms with van der Waals surface area (Å²) in [5.74, 6) is 0. The van der Waals surface area contributed by atoms with E-state index in [9.17, 15) is 0 Å². The Bertz CT molecular complexity index is 847. The predicted molar refractivity (Wildman–Crippen MR) is 103 cm³/mol. The van der Waals surface area contributed by atoms with Gasteiger partial charge in [-0.15, -0.1) is 0 Å². The fraction of sp³-hybridized carbons (Fsp3) is 0.238. The van der Waals surface area contributed by atoms with Crippen LogP contribution < -0.4 is 0 Å². The van der Waals surface area contributed by atoms with Crippen LogP contribution in [-0.4, -0.2) is 47.3 Å². The van der Waals surface area contributed by atoms with Crippen LogP contribution in [0.2, 0.25) is 0 Å². The van der Waals surface area contributed by atoms with E-state index in [-0.39, 0.29) is 0 Å². The number of fused-ring (bicyclic) bond motifs is 1. The fourth-order valence-electron chi connectivity index (χ4n) is 3.28. The van der Waals surface area contributed by atoms with Crippen molar-refractivity contribution in [3.05, 3.63) is 78.1 Å². The second-order valence-electron chi connectivity index (χ2n) is 6.37. The maximum atomic E-state index is 4.56. The highest BCUT2D eigenvalue weighted by atomic mass is 15.5. The van der Waals surface area contributed by atoms with Crippen molar-refractivity contribution in [2.75, 3.05) is 26.2 Å². The van der Waals surface area contributed by atoms with Crippen molar-refractivity contribution >= 4 is 17.0 Å². The first-order valence-electron chi connectivity index (χ1n) is 8.77. The van der Waals surface area contributed by atoms with Crippen LogP contribution in [-0.2, 0) is 6.54 Å². The minimum Gasteiger partial charge on any atom is -0.295 e. The van der Waals surface area contributed by atoms with Crippen LogP contribution in [0.15, 0.2) is 72.0 Å². The summed E-state index contributed by atoms with van der Waals surface area (Å²) in [5.41, 5.74) is 2.31. The molecule has 0 unspecified atom stereocenters. The number of hydrazone groups is 1. The number of pyridine rings is 1. The summed E-state index contributed by atoms with van der Waals surface area (Å²) in [6.07, 6.45) is 3.64. The van der Waals surface area contributed by atoms with Gasteiger partial charge in [0.05, 0.1) is 11.9 Å². The Balaban J connectivity index is 1.36. The van der Waals surface area contributed by atoms with Crippen LogP contribution in [0, 0.1) is 0 Å². The lowest BCUT2D eigenvalue weighted by atomic mass is 10.0. The van der Waals surface area contributed by atoms with Gasteiger partial charge in [-0.3, -0.25) is 14.9 Å². The molecule has 4 heteroatoms. The lowest BCUT2D eigenvalue weighted by Gasteiger charge is -2.33. The Kier molecular flexibility index (Phi) is 4.70. The molecule has 2 aromatic carbocycles. The van der Waals surface area contributed by atoms with Crippen LogP contribution >= 0.6 is 0 Å². The molecule has 0 amide bonds. The summed E-state index contributed by atoms with van der Waals surface area (Å²) >= 11 is 0. The number of hydrogen-bond acceptors (Lipinski definition) is 4. The van der Waals surface area contributed by atoms with Gasteiger partial charge in [0.15, 0.2) is 0 Å². The van der Waals surface area contributed by atoms with Crippen molar-refractivity contribution in [3.8, 4) is 0 Å². The van der Waals surface area contributed by atoms with E-state index >= 15 is 0 Å². The van der Waals surface area contributed by atoms with Crippen LogP contribution in [0.1, 0.15) is 11.3 Å². The highest BCUT2D eigenvalue weighted by Gasteiger charge is 2.16. The molecule has 126 valence electrons. The second kappa shape index (κ2) is 7.45. The smallest absolute Gasteiger partial charge is 0.0830 e. The van der Waals surface area contributed by atoms with Crippen molar-refractivity contribution in [3.63, 3.8) is 0 Å². The van der Waals surface area contributed by atoms with Gasteiger partial charge < -0.3 is 0 Å². The van der Waals surface area contributed by atoms with Crippen molar-refractivity contribution in [1.82, 2.24) is 14.9 Å². The molecule has 1 aliphatic heterocycles. The van der Waals surface area contributed by atoms with Gasteiger partial charge >= 0.3 is 0 Å². The van der Waals surface area contributed by atoms with Crippen molar-refractivity contribution in [2.45, 2.75) is 6.54 Å². The SMILES string of the molecule is C(=N\N1CCN(Cc2cccc3ccccc23)CC1)/c1ccccn1. The van der Waals surface area contributed by atoms with E-state index in [0.29, 0.717) is 0 Å². The molecule has 1 saturated heterocycles. The second-order valence-corrected chi connectivity index (χ2v) is 6.37. The zero-order chi connectivity index (χ0) is 16.9. The molecule has 0 saturated carbocycles. The van der Waals surface area contributed by atoms with Gasteiger partial charge in [-0.05, 0) is 28.5 Å². The van der Waals surface area contributed by atoms with Crippen molar-refractivity contribution < 1.29 is 0 Å². The Labute approximate surface area is 148 Å². The molecule has 25 heavy (non-hydrogen) atoms. The molecule has 1 fully saturated rings. The fourth-order valence-corrected chi connectivity index (χ4v) is 3.28. The highest BCUT2D eigenvalue weighted by molar-refractivity contribution is 5.85. The molecule has 4 rings (SSSR count). The molecule has 0 atom stereocenters. The third-order valence-electron chi connectivity index (χ3n) is 4.66. The normalized spacial score (nSPS) is 15.9. The first kappa shape index (κ1) is 15.8. The molecular weight excluding hydrogens is 308 g/mol. The highest BCUT2D eigenvalue weighted by Crippen LogP contribution is 2.20. The zero-order valence-corrected chi connectivity index (χ0v) is 14.3. The summed E-state index contributed by atoms with van der Waals surface area (Å²) < 4.78 is 0. The lowest BCUT2D eigenvalue weighted by molar-refractivity contribution is 0.131. The number of benzene rings is 2. The zero-order valence-electron chi connectivity index (χ0n) is 14.3. The molecule has 1 aliphatic rings. The summed E-state index contributed by atoms with van der Waals surface area (Å²) in [7, 11) is 0. The molecule has 0 radical (unpaired) electrons. The first-order valence-corrected chi connectivity index (χ1v) is 8.77. The largest absolute Gasteiger partial charge is 0.295 e. The topological polar surface area (TPSA) is 31.7 Å². The van der Waals surface area contributed by atoms with E-state index in [1.165, 1.54) is 16.3 Å². The van der Waals surface area contributed by atoms with Crippen LogP contribution in [0.5, 0.6) is 0 Å². The molecule has 3 aromatic rings. The molecule has 2 heterocycles. The Morgan fingerprint density at radius 2 is 1.68 bits per heavy atom. The average molecular weight is 330 g/mol. The summed E-state index contributed by atoms with van der Waals surface area (Å²) in [4.78, 5) is 6.78. The van der Waals surface area contributed by atoms with Gasteiger partial charge in [0.1, 0.15) is 0 Å². The number of hydrogen-bond donors (Lipinski definition) is 0. The predicted octanol–water partition coefficient (Wildman–Crippen LogP) is 3.39. The van der Waals surface area contributed by atoms with Crippen molar-refractivity contribution in [2.24, 2.45) is 5.10 Å². The van der Waals surface area contributed by atoms with E-state index in [1.807, 2.05) is 24.4 Å². The number of piperazine rings is 1. The Morgan fingerprint density at radius 3 is 2.52 bits per heavy atom. The molecule has 1 aromatic heterocycles. The van der Waals surface area contributed by atoms with E-state index < -0.39 is 0 Å². The number of aromatic nitrogens is 1. The molecule has 0 spiro atoms. The third kappa shape index (κ3) is 3.86. The van der Waals surface area contributed by atoms with Crippen LogP contribution in [0.3, 0.4) is 0 Å². The molecular formula is C21H22N4. The number of rotatable bonds is 4. The Morgan fingerprint density at radius 1 is 0.880 bits per heavy atom. The number of nitrogens with zero attached hydrogens (tertiary/aromatic N) is 4. The van der Waals surface area contributed by atoms with Gasteiger partial charge in [-0.2, -0.15) is 5.10 Å². The van der Waals surface area contributed by atoms with E-state index in [2.05, 4.69) is 62.5 Å². The van der Waals surface area contributed by atoms with Crippen LogP contribution in [0.4, 0.5) is 0 Å². The third-order valence-corrected chi connectivity index (χ3v) is 4.66. The molecule has 4 nitrogen and oxygen atoms in total. The van der Waals surface area contributed by atoms with Gasteiger partial charge in [-0.25, -0.2) is 0 Å². The lowest BCUT2D eigenvalue weighted by Crippen LogP contribution is -2.43. The molecule has 0 N–H and O–H groups in total. The minimum absolute atomic E-state index is 0.903. The van der Waals surface area contributed by atoms with Gasteiger partial charge in [0, 0.05) is 38.9 Å². The Hall–Kier alpha value is -2.72. The maximum Gasteiger partial charge on any atom is 0.0830 e. The van der Waals surface area contributed by atoms with E-state index in [0.717, 1.165) is 38.4 Å². The summed E-state index contributed by atoms with van der Waals surface area (Å²) in [5, 5.41) is 9.38. The minimum atomic E-state index is 0.903. The van der Waals surface area contributed by atoms with Crippen molar-refractivity contribution in [1.29, 1.82) is 0 Å². The van der Waals surface area contributed by atoms with Crippen LogP contribution in [0.25, 0.3) is 10.8 Å². The monoisotopic (exact) mass is 330 g/mol. The van der Waals surface area contributed by atoms with E-state index in [4.69, 9.17) is 0 Å². The van der Waals surface area contributed by atoms with Gasteiger partial charge in [0.25, 0.3) is 0 Å². The standard InChI is InChI=1S/C21H22N4/c1-2-10-21-18(6-1)7-5-8-19(21)17-24-12-14-25(15-13-24)23-16-20-9-3-4-11-22-20/h1-11,16H,12-15,17H2/b23-16+. The first-order chi connectivity index (χ1) is 12.4. The maximum absolute atomic E-state index is 4.56. The average Bonchev–Trinajstić information content (AvgIpc) is 2.69. The quantitative estimate of drug-likeness (QED) is 0.687. The van der Waals surface area contributed by atoms with Gasteiger partial charge in [-0.1, -0.05) is 48.5 Å². The summed E-state index contributed by atoms with van der Waals surface area (Å²) in [6, 6.07) is 21.1. The molecule has 0 aliphatic carbocycles. The summed E-state index contributed by atoms with van der Waals surface area (Å²) in [6.45, 7) is 4.97. The van der Waals surface area contributed by atoms with E-state index in [1.54, 1.807) is 6.20 Å². The van der Waals surface area contributed by atoms with Gasteiger partial charge in [0.2, 0.25) is 0 Å².